The van der Waals surface area contributed by atoms with E-state index in [4.69, 9.17) is 14.2 Å². The molecule has 1 rings (SSSR count). The van der Waals surface area contributed by atoms with Gasteiger partial charge in [0.2, 0.25) is 42.9 Å². The fourth-order valence-electron chi connectivity index (χ4n) is 4.17. The van der Waals surface area contributed by atoms with Gasteiger partial charge in [-0.2, -0.15) is 0 Å². The molecule has 7 amide bonds. The number of amides is 7. The standard InChI is InChI=1S/C25H36N5O9.C9H18N2O2.3C2H6.K/c1-37-22(19-2-4-20(5-3-19)29-18-33)14-28-23(34)7-6-21(15-31)30-25(36)16-39-13-12-38-11-10-27-24(35)8-9-26-17-32;1-6(2)8(10-5-12)9(13)11-7(3)4;3*1-2;/h2-5,17-18,21-22H,6-14,16H2,1H3,(H,26,32)(H,27,35)(H,28,34)(H,29,33)(H,30,36);5-8H,1-4H3,(H,10,12)(H,11,13);3*1-2H3;/q-1;;;;;+1. The van der Waals surface area contributed by atoms with E-state index in [0.717, 1.165) is 5.56 Å². The average molecular weight is 866 g/mol. The molecule has 334 valence electrons. The van der Waals surface area contributed by atoms with E-state index in [1.165, 1.54) is 7.11 Å². The average Bonchev–Trinajstić information content (AvgIpc) is 3.22. The van der Waals surface area contributed by atoms with Crippen LogP contribution in [0.15, 0.2) is 24.3 Å². The molecule has 1 aromatic rings. The summed E-state index contributed by atoms with van der Waals surface area (Å²) in [6, 6.07) is 5.66. The second-order valence-electron chi connectivity index (χ2n) is 11.7. The van der Waals surface area contributed by atoms with Gasteiger partial charge in [0.05, 0.1) is 25.9 Å². The van der Waals surface area contributed by atoms with E-state index in [1.54, 1.807) is 30.6 Å². The number of anilines is 1. The monoisotopic (exact) mass is 865 g/mol. The molecule has 0 fully saturated rings. The van der Waals surface area contributed by atoms with Crippen molar-refractivity contribution < 1.29 is 104 Å². The van der Waals surface area contributed by atoms with E-state index in [1.807, 2.05) is 69.2 Å². The normalized spacial score (nSPS) is 11.0. The van der Waals surface area contributed by atoms with Gasteiger partial charge in [0.15, 0.2) is 0 Å². The topological polar surface area (TPSA) is 248 Å². The maximum Gasteiger partial charge on any atom is 1.00 e. The van der Waals surface area contributed by atoms with E-state index < -0.39 is 24.1 Å². The smallest absolute Gasteiger partial charge is 0.540 e. The van der Waals surface area contributed by atoms with Crippen LogP contribution in [0.3, 0.4) is 0 Å². The summed E-state index contributed by atoms with van der Waals surface area (Å²) in [7, 11) is 1.51. The Balaban J connectivity index is -0.000000407. The number of carbonyl (C=O) groups excluding carboxylic acids is 8. The van der Waals surface area contributed by atoms with Crippen LogP contribution < -0.4 is 88.6 Å². The predicted molar refractivity (Wildman–Crippen MR) is 224 cm³/mol. The molecule has 0 radical (unpaired) electrons. The molecule has 0 bridgehead atoms. The van der Waals surface area contributed by atoms with Crippen molar-refractivity contribution in [2.24, 2.45) is 5.92 Å². The number of rotatable bonds is 28. The Kier molecular flexibility index (Phi) is 52.1. The molecule has 3 unspecified atom stereocenters. The summed E-state index contributed by atoms with van der Waals surface area (Å²) >= 11 is 0. The summed E-state index contributed by atoms with van der Waals surface area (Å²) in [6.07, 6.45) is 3.16. The van der Waals surface area contributed by atoms with Crippen LogP contribution in [-0.2, 0) is 52.6 Å². The largest absolute Gasteiger partial charge is 1.00 e. The summed E-state index contributed by atoms with van der Waals surface area (Å²) in [6.45, 7) is 20.6. The van der Waals surface area contributed by atoms with Crippen molar-refractivity contribution in [1.29, 1.82) is 0 Å². The van der Waals surface area contributed by atoms with E-state index in [9.17, 15) is 38.4 Å². The van der Waals surface area contributed by atoms with Crippen LogP contribution in [0.4, 0.5) is 5.69 Å². The van der Waals surface area contributed by atoms with Gasteiger partial charge in [-0.25, -0.2) is 6.29 Å². The number of nitrogens with one attached hydrogen (secondary N) is 7. The molecule has 0 aliphatic carbocycles. The van der Waals surface area contributed by atoms with Gasteiger partial charge in [-0.05, 0) is 43.9 Å². The first-order valence-electron chi connectivity index (χ1n) is 19.8. The van der Waals surface area contributed by atoms with Crippen molar-refractivity contribution >= 4 is 54.8 Å². The number of methoxy groups -OCH3 is 1. The zero-order chi connectivity index (χ0) is 45.1. The predicted octanol–water partition coefficient (Wildman–Crippen LogP) is -0.917. The third kappa shape index (κ3) is 38.6. The number of hydrogen-bond donors (Lipinski definition) is 7. The van der Waals surface area contributed by atoms with Gasteiger partial charge in [-0.15, -0.1) is 0 Å². The molecule has 0 saturated carbocycles. The third-order valence-electron chi connectivity index (χ3n) is 6.80. The van der Waals surface area contributed by atoms with Crippen molar-refractivity contribution in [3.63, 3.8) is 0 Å². The van der Waals surface area contributed by atoms with Crippen LogP contribution in [0.2, 0.25) is 0 Å². The Labute approximate surface area is 394 Å². The molecular formula is C40H72KN7O11. The first-order valence-corrected chi connectivity index (χ1v) is 19.8. The SMILES string of the molecule is CC.CC.CC.CC(C)NC(=O)C(NC=O)C(C)C.COC(CNC(=O)CCC([C-]=O)NC(=O)COCCOCCNC(=O)CCNC=O)c1ccc(NC=O)cc1.[K+]. The minimum Gasteiger partial charge on any atom is -0.540 e. The number of hydrogen-bond acceptors (Lipinski definition) is 11. The molecule has 0 aliphatic heterocycles. The molecule has 19 heteroatoms. The molecule has 0 spiro atoms. The van der Waals surface area contributed by atoms with Crippen LogP contribution in [0, 0.1) is 5.92 Å². The van der Waals surface area contributed by atoms with Gasteiger partial charge >= 0.3 is 51.4 Å². The second kappa shape index (κ2) is 47.4. The van der Waals surface area contributed by atoms with Gasteiger partial charge in [0.1, 0.15) is 12.6 Å². The van der Waals surface area contributed by atoms with Crippen molar-refractivity contribution in [2.75, 3.05) is 58.5 Å². The van der Waals surface area contributed by atoms with E-state index in [0.29, 0.717) is 31.5 Å². The third-order valence-corrected chi connectivity index (χ3v) is 6.80. The number of benzene rings is 1. The van der Waals surface area contributed by atoms with Crippen LogP contribution in [-0.4, -0.2) is 120 Å². The van der Waals surface area contributed by atoms with Crippen LogP contribution >= 0.6 is 0 Å². The molecule has 0 aliphatic rings. The Hall–Kier alpha value is -3.30. The second-order valence-corrected chi connectivity index (χ2v) is 11.7. The molecule has 18 nitrogen and oxygen atoms in total. The first-order chi connectivity index (χ1) is 27.9. The molecule has 59 heavy (non-hydrogen) atoms. The zero-order valence-corrected chi connectivity index (χ0v) is 40.6. The van der Waals surface area contributed by atoms with Crippen molar-refractivity contribution in [2.45, 2.75) is 113 Å². The molecular weight excluding hydrogens is 794 g/mol. The Morgan fingerprint density at radius 3 is 1.83 bits per heavy atom. The summed E-state index contributed by atoms with van der Waals surface area (Å²) in [5, 5.41) is 18.0. The van der Waals surface area contributed by atoms with Gasteiger partial charge in [-0.1, -0.05) is 73.6 Å². The van der Waals surface area contributed by atoms with Crippen molar-refractivity contribution in [1.82, 2.24) is 31.9 Å². The molecule has 0 heterocycles. The van der Waals surface area contributed by atoms with Crippen molar-refractivity contribution in [3.05, 3.63) is 29.8 Å². The van der Waals surface area contributed by atoms with E-state index in [-0.39, 0.29) is 140 Å². The fraction of sp³-hybridized carbons (Fsp3) is 0.650. The van der Waals surface area contributed by atoms with Gasteiger partial charge in [-0.3, -0.25) is 33.6 Å². The van der Waals surface area contributed by atoms with E-state index in [2.05, 4.69) is 37.2 Å². The van der Waals surface area contributed by atoms with Gasteiger partial charge in [0, 0.05) is 51.3 Å². The summed E-state index contributed by atoms with van der Waals surface area (Å²) in [5.74, 6) is -1.10. The Bertz CT molecular complexity index is 1230. The first kappa shape index (κ1) is 64.8. The fourth-order valence-corrected chi connectivity index (χ4v) is 4.17. The van der Waals surface area contributed by atoms with Gasteiger partial charge < -0.3 is 56.2 Å². The van der Waals surface area contributed by atoms with Gasteiger partial charge in [0.25, 0.3) is 0 Å². The summed E-state index contributed by atoms with van der Waals surface area (Å²) < 4.78 is 15.9. The quantitative estimate of drug-likeness (QED) is 0.0235. The molecule has 0 aromatic heterocycles. The molecule has 7 N–H and O–H groups in total. The minimum absolute atomic E-state index is 0. The summed E-state index contributed by atoms with van der Waals surface area (Å²) in [5.41, 5.74) is 1.43. The van der Waals surface area contributed by atoms with Crippen LogP contribution in [0.1, 0.15) is 100 Å². The van der Waals surface area contributed by atoms with Crippen LogP contribution in [0.25, 0.3) is 0 Å². The number of carbonyl (C=O) groups is 7. The van der Waals surface area contributed by atoms with Crippen LogP contribution in [0.5, 0.6) is 0 Å². The maximum atomic E-state index is 12.2. The zero-order valence-electron chi connectivity index (χ0n) is 37.5. The maximum absolute atomic E-state index is 12.2. The van der Waals surface area contributed by atoms with Crippen molar-refractivity contribution in [3.8, 4) is 0 Å². The minimum atomic E-state index is -0.968. The molecule has 0 saturated heterocycles. The molecule has 1 aromatic carbocycles. The Morgan fingerprint density at radius 1 is 0.729 bits per heavy atom. The molecule has 3 atom stereocenters. The Morgan fingerprint density at radius 2 is 1.32 bits per heavy atom. The summed E-state index contributed by atoms with van der Waals surface area (Å²) in [4.78, 5) is 89.1. The van der Waals surface area contributed by atoms with E-state index >= 15 is 0 Å². The number of ether oxygens (including phenoxy) is 3.